The SMILES string of the molecule is CC(=O)c1cc2cc(C(C)=O)c3cccc1n23. The molecule has 17 heavy (non-hydrogen) atoms. The maximum atomic E-state index is 11.5. The van der Waals surface area contributed by atoms with Gasteiger partial charge in [0.05, 0.1) is 11.0 Å². The van der Waals surface area contributed by atoms with Gasteiger partial charge < -0.3 is 4.40 Å². The Labute approximate surface area is 98.0 Å². The van der Waals surface area contributed by atoms with Crippen LogP contribution in [0.1, 0.15) is 34.6 Å². The predicted octanol–water partition coefficient (Wildman–Crippen LogP) is 2.94. The van der Waals surface area contributed by atoms with Gasteiger partial charge in [0.15, 0.2) is 11.6 Å². The van der Waals surface area contributed by atoms with E-state index >= 15 is 0 Å². The van der Waals surface area contributed by atoms with E-state index in [2.05, 4.69) is 0 Å². The molecule has 3 heteroatoms. The number of Topliss-reactive ketones (excluding diaryl/α,β-unsaturated/α-hetero) is 2. The number of ketones is 2. The van der Waals surface area contributed by atoms with E-state index in [0.29, 0.717) is 11.1 Å². The van der Waals surface area contributed by atoms with Crippen molar-refractivity contribution in [2.24, 2.45) is 0 Å². The first-order valence-electron chi connectivity index (χ1n) is 5.48. The second-order valence-corrected chi connectivity index (χ2v) is 4.28. The lowest BCUT2D eigenvalue weighted by atomic mass is 10.1. The van der Waals surface area contributed by atoms with Crippen molar-refractivity contribution in [1.82, 2.24) is 4.40 Å². The van der Waals surface area contributed by atoms with Crippen molar-refractivity contribution in [3.63, 3.8) is 0 Å². The number of carbonyl (C=O) groups is 2. The lowest BCUT2D eigenvalue weighted by Gasteiger charge is -1.99. The third-order valence-electron chi connectivity index (χ3n) is 3.14. The fourth-order valence-corrected chi connectivity index (χ4v) is 2.39. The highest BCUT2D eigenvalue weighted by Crippen LogP contribution is 2.27. The zero-order valence-electron chi connectivity index (χ0n) is 9.65. The Morgan fingerprint density at radius 2 is 1.41 bits per heavy atom. The third-order valence-corrected chi connectivity index (χ3v) is 3.14. The Hall–Kier alpha value is -2.16. The average molecular weight is 225 g/mol. The van der Waals surface area contributed by atoms with Gasteiger partial charge in [-0.05, 0) is 38.1 Å². The van der Waals surface area contributed by atoms with Crippen molar-refractivity contribution in [2.45, 2.75) is 13.8 Å². The molecule has 3 aromatic heterocycles. The number of nitrogens with zero attached hydrogens (tertiary/aromatic N) is 1. The minimum atomic E-state index is 0.0468. The van der Waals surface area contributed by atoms with Gasteiger partial charge in [-0.15, -0.1) is 0 Å². The molecule has 0 unspecified atom stereocenters. The van der Waals surface area contributed by atoms with E-state index < -0.39 is 0 Å². The molecule has 0 aliphatic carbocycles. The largest absolute Gasteiger partial charge is 0.309 e. The summed E-state index contributed by atoms with van der Waals surface area (Å²) in [7, 11) is 0. The number of aromatic nitrogens is 1. The Bertz CT molecular complexity index is 693. The van der Waals surface area contributed by atoms with E-state index in [-0.39, 0.29) is 11.6 Å². The maximum Gasteiger partial charge on any atom is 0.161 e. The van der Waals surface area contributed by atoms with Crippen LogP contribution in [0.5, 0.6) is 0 Å². The van der Waals surface area contributed by atoms with Crippen LogP contribution in [0, 0.1) is 0 Å². The smallest absolute Gasteiger partial charge is 0.161 e. The average Bonchev–Trinajstić information content (AvgIpc) is 2.81. The van der Waals surface area contributed by atoms with E-state index in [9.17, 15) is 9.59 Å². The highest BCUT2D eigenvalue weighted by Gasteiger charge is 2.16. The number of hydrogen-bond acceptors (Lipinski definition) is 2. The predicted molar refractivity (Wildman–Crippen MR) is 66.1 cm³/mol. The first-order valence-corrected chi connectivity index (χ1v) is 5.48. The van der Waals surface area contributed by atoms with E-state index in [1.54, 1.807) is 13.8 Å². The Morgan fingerprint density at radius 3 is 1.82 bits per heavy atom. The standard InChI is InChI=1S/C14H11NO2/c1-8(16)11-6-10-7-12(9(2)17)14-5-3-4-13(11)15(10)14/h3-7H,1-2H3. The molecule has 0 aliphatic rings. The summed E-state index contributed by atoms with van der Waals surface area (Å²) >= 11 is 0. The molecule has 0 saturated carbocycles. The van der Waals surface area contributed by atoms with E-state index in [1.807, 2.05) is 34.7 Å². The van der Waals surface area contributed by atoms with Gasteiger partial charge in [-0.3, -0.25) is 9.59 Å². The van der Waals surface area contributed by atoms with Gasteiger partial charge in [0.1, 0.15) is 0 Å². The zero-order chi connectivity index (χ0) is 12.2. The van der Waals surface area contributed by atoms with Crippen LogP contribution in [0.25, 0.3) is 16.6 Å². The van der Waals surface area contributed by atoms with E-state index in [0.717, 1.165) is 16.6 Å². The number of pyridine rings is 1. The molecule has 0 fully saturated rings. The topological polar surface area (TPSA) is 38.5 Å². The Morgan fingerprint density at radius 1 is 0.941 bits per heavy atom. The molecule has 3 aromatic rings. The molecule has 3 nitrogen and oxygen atoms in total. The Balaban J connectivity index is 2.51. The van der Waals surface area contributed by atoms with Crippen LogP contribution in [0.15, 0.2) is 30.3 Å². The van der Waals surface area contributed by atoms with Crippen molar-refractivity contribution < 1.29 is 9.59 Å². The summed E-state index contributed by atoms with van der Waals surface area (Å²) in [6.45, 7) is 3.12. The summed E-state index contributed by atoms with van der Waals surface area (Å²) in [6.07, 6.45) is 0. The van der Waals surface area contributed by atoms with Gasteiger partial charge in [0.2, 0.25) is 0 Å². The molecule has 3 heterocycles. The van der Waals surface area contributed by atoms with Gasteiger partial charge in [-0.25, -0.2) is 0 Å². The van der Waals surface area contributed by atoms with Gasteiger partial charge in [0, 0.05) is 16.6 Å². The van der Waals surface area contributed by atoms with Crippen LogP contribution >= 0.6 is 0 Å². The fourth-order valence-electron chi connectivity index (χ4n) is 2.39. The summed E-state index contributed by atoms with van der Waals surface area (Å²) in [6, 6.07) is 9.37. The van der Waals surface area contributed by atoms with Gasteiger partial charge in [-0.2, -0.15) is 0 Å². The van der Waals surface area contributed by atoms with E-state index in [1.165, 1.54) is 0 Å². The lowest BCUT2D eigenvalue weighted by molar-refractivity contribution is 0.101. The van der Waals surface area contributed by atoms with Gasteiger partial charge in [0.25, 0.3) is 0 Å². The first kappa shape index (κ1) is 10.0. The van der Waals surface area contributed by atoms with Crippen molar-refractivity contribution in [2.75, 3.05) is 0 Å². The molecule has 3 rings (SSSR count). The second-order valence-electron chi connectivity index (χ2n) is 4.28. The van der Waals surface area contributed by atoms with Crippen LogP contribution in [-0.4, -0.2) is 16.0 Å². The molecule has 0 bridgehead atoms. The van der Waals surface area contributed by atoms with Crippen LogP contribution in [0.4, 0.5) is 0 Å². The first-order chi connectivity index (χ1) is 8.09. The van der Waals surface area contributed by atoms with Gasteiger partial charge in [-0.1, -0.05) is 6.07 Å². The third kappa shape index (κ3) is 1.22. The molecule has 0 atom stereocenters. The fraction of sp³-hybridized carbons (Fsp3) is 0.143. The summed E-state index contributed by atoms with van der Waals surface area (Å²) in [5, 5.41) is 0. The molecule has 0 amide bonds. The highest BCUT2D eigenvalue weighted by atomic mass is 16.1. The zero-order valence-corrected chi connectivity index (χ0v) is 9.65. The summed E-state index contributed by atoms with van der Waals surface area (Å²) in [5.74, 6) is 0.0937. The van der Waals surface area contributed by atoms with Crippen molar-refractivity contribution >= 4 is 28.1 Å². The van der Waals surface area contributed by atoms with Gasteiger partial charge >= 0.3 is 0 Å². The van der Waals surface area contributed by atoms with Crippen LogP contribution < -0.4 is 0 Å². The molecule has 0 N–H and O–H groups in total. The lowest BCUT2D eigenvalue weighted by Crippen LogP contribution is -1.94. The summed E-state index contributed by atoms with van der Waals surface area (Å²) < 4.78 is 1.97. The van der Waals surface area contributed by atoms with Crippen LogP contribution in [-0.2, 0) is 0 Å². The molecule has 0 spiro atoms. The number of carbonyl (C=O) groups excluding carboxylic acids is 2. The molecular weight excluding hydrogens is 214 g/mol. The second kappa shape index (κ2) is 3.17. The Kier molecular flexibility index (Phi) is 1.87. The van der Waals surface area contributed by atoms with Crippen LogP contribution in [0.2, 0.25) is 0 Å². The molecule has 0 radical (unpaired) electrons. The molecule has 0 saturated heterocycles. The van der Waals surface area contributed by atoms with Crippen molar-refractivity contribution in [1.29, 1.82) is 0 Å². The molecule has 84 valence electrons. The highest BCUT2D eigenvalue weighted by molar-refractivity contribution is 6.08. The minimum absolute atomic E-state index is 0.0468. The molecular formula is C14H11NO2. The normalized spacial score (nSPS) is 11.4. The van der Waals surface area contributed by atoms with Crippen molar-refractivity contribution in [3.8, 4) is 0 Å². The van der Waals surface area contributed by atoms with Crippen molar-refractivity contribution in [3.05, 3.63) is 41.5 Å². The maximum absolute atomic E-state index is 11.5. The minimum Gasteiger partial charge on any atom is -0.309 e. The van der Waals surface area contributed by atoms with Crippen LogP contribution in [0.3, 0.4) is 0 Å². The van der Waals surface area contributed by atoms with E-state index in [4.69, 9.17) is 0 Å². The molecule has 0 aliphatic heterocycles. The monoisotopic (exact) mass is 225 g/mol. The quantitative estimate of drug-likeness (QED) is 0.629. The number of rotatable bonds is 2. The summed E-state index contributed by atoms with van der Waals surface area (Å²) in [4.78, 5) is 23.0. The molecule has 0 aromatic carbocycles. The number of hydrogen-bond donors (Lipinski definition) is 0. The summed E-state index contributed by atoms with van der Waals surface area (Å²) in [5.41, 5.74) is 4.07.